The summed E-state index contributed by atoms with van der Waals surface area (Å²) >= 11 is 0. The van der Waals surface area contributed by atoms with E-state index < -0.39 is 0 Å². The number of hydrogen-bond donors (Lipinski definition) is 2. The second kappa shape index (κ2) is 4.01. The molecule has 6 heteroatoms. The van der Waals surface area contributed by atoms with E-state index in [1.165, 1.54) is 6.33 Å². The van der Waals surface area contributed by atoms with Gasteiger partial charge in [0.1, 0.15) is 18.0 Å². The van der Waals surface area contributed by atoms with Crippen molar-refractivity contribution in [2.24, 2.45) is 7.05 Å². The topological polar surface area (TPSA) is 71.4 Å². The molecule has 2 rings (SSSR count). The highest BCUT2D eigenvalue weighted by molar-refractivity contribution is 4.91. The normalized spacial score (nSPS) is 10.6. The summed E-state index contributed by atoms with van der Waals surface area (Å²) in [4.78, 5) is 8.19. The van der Waals surface area contributed by atoms with Crippen LogP contribution in [0.5, 0.6) is 0 Å². The van der Waals surface area contributed by atoms with Crippen molar-refractivity contribution in [1.82, 2.24) is 30.0 Å². The smallest absolute Gasteiger partial charge is 0.138 e. The third-order valence-electron chi connectivity index (χ3n) is 1.96. The minimum absolute atomic E-state index is 0.673. The maximum atomic E-state index is 4.19. The molecule has 0 spiro atoms. The molecule has 0 saturated heterocycles. The summed E-state index contributed by atoms with van der Waals surface area (Å²) in [7, 11) is 1.97. The number of aromatic nitrogens is 5. The Morgan fingerprint density at radius 3 is 3.00 bits per heavy atom. The van der Waals surface area contributed by atoms with Gasteiger partial charge in [-0.05, 0) is 0 Å². The summed E-state index contributed by atoms with van der Waals surface area (Å²) < 4.78 is 1.98. The number of aromatic amines is 1. The Kier molecular flexibility index (Phi) is 2.55. The second-order valence-corrected chi connectivity index (χ2v) is 2.99. The summed E-state index contributed by atoms with van der Waals surface area (Å²) in [6.45, 7) is 1.40. The molecule has 2 aromatic rings. The Balaban J connectivity index is 1.81. The summed E-state index contributed by atoms with van der Waals surface area (Å²) in [5, 5.41) is 9.75. The lowest BCUT2D eigenvalue weighted by molar-refractivity contribution is 0.621. The van der Waals surface area contributed by atoms with Gasteiger partial charge in [0, 0.05) is 19.4 Å². The van der Waals surface area contributed by atoms with Crippen LogP contribution in [0, 0.1) is 0 Å². The number of imidazole rings is 1. The number of hydrogen-bond acceptors (Lipinski definition) is 4. The Bertz CT molecular complexity index is 376. The molecule has 2 aromatic heterocycles. The van der Waals surface area contributed by atoms with Crippen LogP contribution in [0.25, 0.3) is 0 Å². The van der Waals surface area contributed by atoms with E-state index in [4.69, 9.17) is 0 Å². The van der Waals surface area contributed by atoms with Crippen molar-refractivity contribution >= 4 is 0 Å². The lowest BCUT2D eigenvalue weighted by atomic mass is 10.5. The van der Waals surface area contributed by atoms with E-state index in [0.717, 1.165) is 18.2 Å². The lowest BCUT2D eigenvalue weighted by Crippen LogP contribution is -2.16. The van der Waals surface area contributed by atoms with Crippen molar-refractivity contribution in [3.8, 4) is 0 Å². The molecule has 6 nitrogen and oxygen atoms in total. The molecule has 2 N–H and O–H groups in total. The number of H-pyrrole nitrogens is 1. The van der Waals surface area contributed by atoms with Crippen molar-refractivity contribution in [2.45, 2.75) is 13.1 Å². The number of nitrogens with one attached hydrogen (secondary N) is 2. The minimum Gasteiger partial charge on any atom is -0.337 e. The van der Waals surface area contributed by atoms with Crippen LogP contribution in [-0.2, 0) is 20.1 Å². The van der Waals surface area contributed by atoms with E-state index in [1.54, 1.807) is 6.20 Å². The van der Waals surface area contributed by atoms with Crippen LogP contribution in [0.15, 0.2) is 18.7 Å². The molecule has 0 atom stereocenters. The molecule has 14 heavy (non-hydrogen) atoms. The van der Waals surface area contributed by atoms with Crippen molar-refractivity contribution < 1.29 is 0 Å². The van der Waals surface area contributed by atoms with E-state index >= 15 is 0 Å². The van der Waals surface area contributed by atoms with Gasteiger partial charge in [-0.2, -0.15) is 5.10 Å². The molecule has 0 radical (unpaired) electrons. The molecule has 0 aromatic carbocycles. The van der Waals surface area contributed by atoms with Crippen LogP contribution < -0.4 is 5.32 Å². The van der Waals surface area contributed by atoms with Crippen LogP contribution in [0.1, 0.15) is 11.6 Å². The molecule has 0 unspecified atom stereocenters. The number of nitrogens with zero attached hydrogens (tertiary/aromatic N) is 4. The quantitative estimate of drug-likeness (QED) is 0.705. The highest BCUT2D eigenvalue weighted by Gasteiger charge is 1.99. The van der Waals surface area contributed by atoms with Gasteiger partial charge < -0.3 is 9.88 Å². The Labute approximate surface area is 81.4 Å². The third kappa shape index (κ3) is 1.97. The first-order valence-electron chi connectivity index (χ1n) is 4.37. The Morgan fingerprint density at radius 2 is 2.36 bits per heavy atom. The molecular weight excluding hydrogens is 180 g/mol. The van der Waals surface area contributed by atoms with Gasteiger partial charge in [0.2, 0.25) is 0 Å². The molecule has 0 saturated carbocycles. The van der Waals surface area contributed by atoms with Crippen molar-refractivity contribution in [2.75, 3.05) is 0 Å². The average Bonchev–Trinajstić information content (AvgIpc) is 2.78. The molecular formula is C8H12N6. The fraction of sp³-hybridized carbons (Fsp3) is 0.375. The number of rotatable bonds is 4. The van der Waals surface area contributed by atoms with Gasteiger partial charge in [-0.1, -0.05) is 0 Å². The molecule has 0 bridgehead atoms. The van der Waals surface area contributed by atoms with Gasteiger partial charge in [-0.25, -0.2) is 9.97 Å². The zero-order valence-electron chi connectivity index (χ0n) is 7.94. The van der Waals surface area contributed by atoms with E-state index in [9.17, 15) is 0 Å². The zero-order chi connectivity index (χ0) is 9.80. The largest absolute Gasteiger partial charge is 0.337 e. The van der Waals surface area contributed by atoms with Gasteiger partial charge >= 0.3 is 0 Å². The average molecular weight is 192 g/mol. The highest BCUT2D eigenvalue weighted by atomic mass is 15.2. The predicted octanol–water partition coefficient (Wildman–Crippen LogP) is -0.172. The van der Waals surface area contributed by atoms with Gasteiger partial charge in [0.15, 0.2) is 0 Å². The molecule has 0 aliphatic carbocycles. The molecule has 0 amide bonds. The van der Waals surface area contributed by atoms with E-state index in [0.29, 0.717) is 6.54 Å². The van der Waals surface area contributed by atoms with Crippen LogP contribution in [0.2, 0.25) is 0 Å². The third-order valence-corrected chi connectivity index (χ3v) is 1.96. The van der Waals surface area contributed by atoms with E-state index in [2.05, 4.69) is 25.5 Å². The van der Waals surface area contributed by atoms with Gasteiger partial charge in [0.05, 0.1) is 13.1 Å². The van der Waals surface area contributed by atoms with Crippen LogP contribution in [0.4, 0.5) is 0 Å². The monoisotopic (exact) mass is 192 g/mol. The van der Waals surface area contributed by atoms with Crippen molar-refractivity contribution in [3.05, 3.63) is 30.4 Å². The Morgan fingerprint density at radius 1 is 1.43 bits per heavy atom. The molecule has 0 aliphatic heterocycles. The summed E-state index contributed by atoms with van der Waals surface area (Å²) in [5.74, 6) is 1.84. The first-order valence-corrected chi connectivity index (χ1v) is 4.37. The first kappa shape index (κ1) is 8.89. The second-order valence-electron chi connectivity index (χ2n) is 2.99. The van der Waals surface area contributed by atoms with E-state index in [-0.39, 0.29) is 0 Å². The first-order chi connectivity index (χ1) is 6.86. The lowest BCUT2D eigenvalue weighted by Gasteiger charge is -2.02. The zero-order valence-corrected chi connectivity index (χ0v) is 7.94. The fourth-order valence-electron chi connectivity index (χ4n) is 1.18. The molecule has 0 aliphatic rings. The molecule has 0 fully saturated rings. The van der Waals surface area contributed by atoms with E-state index in [1.807, 2.05) is 17.8 Å². The van der Waals surface area contributed by atoms with Gasteiger partial charge in [-0.3, -0.25) is 5.10 Å². The standard InChI is InChI=1S/C8H12N6/c1-14-3-2-10-8(14)5-9-4-7-11-6-12-13-7/h2-3,6,9H,4-5H2,1H3,(H,11,12,13). The number of aryl methyl sites for hydroxylation is 1. The van der Waals surface area contributed by atoms with Crippen LogP contribution in [0.3, 0.4) is 0 Å². The Hall–Kier alpha value is -1.69. The van der Waals surface area contributed by atoms with Gasteiger partial charge in [0.25, 0.3) is 0 Å². The minimum atomic E-state index is 0.673. The molecule has 74 valence electrons. The van der Waals surface area contributed by atoms with Gasteiger partial charge in [-0.15, -0.1) is 0 Å². The van der Waals surface area contributed by atoms with Crippen LogP contribution in [-0.4, -0.2) is 24.7 Å². The van der Waals surface area contributed by atoms with Crippen molar-refractivity contribution in [3.63, 3.8) is 0 Å². The summed E-state index contributed by atoms with van der Waals surface area (Å²) in [5.41, 5.74) is 0. The van der Waals surface area contributed by atoms with Crippen molar-refractivity contribution in [1.29, 1.82) is 0 Å². The maximum Gasteiger partial charge on any atom is 0.138 e. The summed E-state index contributed by atoms with van der Waals surface area (Å²) in [6.07, 6.45) is 5.20. The fourth-order valence-corrected chi connectivity index (χ4v) is 1.18. The maximum absolute atomic E-state index is 4.19. The predicted molar refractivity (Wildman–Crippen MR) is 50.1 cm³/mol. The molecule has 2 heterocycles. The highest BCUT2D eigenvalue weighted by Crippen LogP contribution is 1.93. The van der Waals surface area contributed by atoms with Crippen LogP contribution >= 0.6 is 0 Å². The summed E-state index contributed by atoms with van der Waals surface area (Å²) in [6, 6.07) is 0. The SMILES string of the molecule is Cn1ccnc1CNCc1ncn[nH]1.